The van der Waals surface area contributed by atoms with Crippen LogP contribution in [-0.2, 0) is 0 Å². The van der Waals surface area contributed by atoms with Gasteiger partial charge >= 0.3 is 0 Å². The van der Waals surface area contributed by atoms with E-state index in [0.29, 0.717) is 5.69 Å². The second-order valence-corrected chi connectivity index (χ2v) is 5.23. The smallest absolute Gasteiger partial charge is 0.271 e. The summed E-state index contributed by atoms with van der Waals surface area (Å²) in [7, 11) is 3.24. The highest BCUT2D eigenvalue weighted by Crippen LogP contribution is 2.29. The predicted octanol–water partition coefficient (Wildman–Crippen LogP) is 2.43. The van der Waals surface area contributed by atoms with Crippen molar-refractivity contribution < 1.29 is 9.53 Å². The summed E-state index contributed by atoms with van der Waals surface area (Å²) >= 11 is 1.54. The quantitative estimate of drug-likeness (QED) is 0.805. The van der Waals surface area contributed by atoms with Gasteiger partial charge in [-0.05, 0) is 29.8 Å². The van der Waals surface area contributed by atoms with Crippen molar-refractivity contribution in [1.29, 1.82) is 0 Å². The van der Waals surface area contributed by atoms with Crippen LogP contribution in [0, 0.1) is 0 Å². The highest BCUT2D eigenvalue weighted by molar-refractivity contribution is 7.20. The lowest BCUT2D eigenvalue weighted by atomic mass is 10.2. The minimum atomic E-state index is -0.174. The van der Waals surface area contributed by atoms with Gasteiger partial charge in [-0.15, -0.1) is 0 Å². The Labute approximate surface area is 119 Å². The zero-order chi connectivity index (χ0) is 14.1. The van der Waals surface area contributed by atoms with Gasteiger partial charge < -0.3 is 10.1 Å². The predicted molar refractivity (Wildman–Crippen MR) is 78.4 cm³/mol. The number of aromatic nitrogens is 2. The van der Waals surface area contributed by atoms with Crippen LogP contribution < -0.4 is 10.1 Å². The second-order valence-electron chi connectivity index (χ2n) is 4.22. The number of amides is 1. The zero-order valence-corrected chi connectivity index (χ0v) is 11.9. The highest BCUT2D eigenvalue weighted by atomic mass is 32.1. The number of carbonyl (C=O) groups is 1. The molecule has 0 radical (unpaired) electrons. The van der Waals surface area contributed by atoms with Crippen LogP contribution in [0.4, 0.5) is 0 Å². The third kappa shape index (κ3) is 2.14. The van der Waals surface area contributed by atoms with E-state index in [-0.39, 0.29) is 5.91 Å². The molecule has 0 bridgehead atoms. The summed E-state index contributed by atoms with van der Waals surface area (Å²) in [6, 6.07) is 7.86. The van der Waals surface area contributed by atoms with Crippen LogP contribution in [0.25, 0.3) is 15.4 Å². The lowest BCUT2D eigenvalue weighted by Gasteiger charge is -2.00. The van der Waals surface area contributed by atoms with Gasteiger partial charge in [-0.25, -0.2) is 4.98 Å². The summed E-state index contributed by atoms with van der Waals surface area (Å²) in [5, 5.41) is 2.57. The lowest BCUT2D eigenvalue weighted by molar-refractivity contribution is 0.0959. The number of rotatable bonds is 3. The fourth-order valence-corrected chi connectivity index (χ4v) is 2.89. The molecule has 102 valence electrons. The van der Waals surface area contributed by atoms with Gasteiger partial charge in [-0.3, -0.25) is 9.20 Å². The zero-order valence-electron chi connectivity index (χ0n) is 11.1. The molecule has 0 aliphatic heterocycles. The molecule has 3 aromatic rings. The minimum absolute atomic E-state index is 0.174. The van der Waals surface area contributed by atoms with E-state index < -0.39 is 0 Å². The second kappa shape index (κ2) is 4.97. The van der Waals surface area contributed by atoms with Gasteiger partial charge in [0.25, 0.3) is 5.91 Å². The number of methoxy groups -OCH3 is 1. The average molecular weight is 287 g/mol. The lowest BCUT2D eigenvalue weighted by Crippen LogP contribution is -2.17. The Morgan fingerprint density at radius 2 is 2.05 bits per heavy atom. The summed E-state index contributed by atoms with van der Waals surface area (Å²) < 4.78 is 7.01. The van der Waals surface area contributed by atoms with Gasteiger partial charge in [-0.1, -0.05) is 11.3 Å². The summed E-state index contributed by atoms with van der Waals surface area (Å²) in [5.74, 6) is 0.656. The molecule has 1 N–H and O–H groups in total. The Morgan fingerprint density at radius 1 is 1.30 bits per heavy atom. The van der Waals surface area contributed by atoms with Gasteiger partial charge in [0.05, 0.1) is 12.0 Å². The number of imidazole rings is 1. The van der Waals surface area contributed by atoms with E-state index in [1.54, 1.807) is 31.7 Å². The Morgan fingerprint density at radius 3 is 2.65 bits per heavy atom. The summed E-state index contributed by atoms with van der Waals surface area (Å²) in [4.78, 5) is 17.7. The van der Waals surface area contributed by atoms with Crippen LogP contribution in [0.15, 0.2) is 36.7 Å². The number of hydrogen-bond donors (Lipinski definition) is 1. The van der Waals surface area contributed by atoms with Gasteiger partial charge in [0.15, 0.2) is 4.96 Å². The van der Waals surface area contributed by atoms with Crippen LogP contribution in [0.3, 0.4) is 0 Å². The molecule has 1 amide bonds. The van der Waals surface area contributed by atoms with Crippen molar-refractivity contribution in [2.75, 3.05) is 14.2 Å². The van der Waals surface area contributed by atoms with Crippen LogP contribution in [0.2, 0.25) is 0 Å². The van der Waals surface area contributed by atoms with Gasteiger partial charge in [-0.2, -0.15) is 0 Å². The number of nitrogens with zero attached hydrogens (tertiary/aromatic N) is 2. The monoisotopic (exact) mass is 287 g/mol. The Balaban J connectivity index is 1.96. The van der Waals surface area contributed by atoms with E-state index in [2.05, 4.69) is 10.3 Å². The maximum atomic E-state index is 11.5. The number of fused-ring (bicyclic) bond motifs is 1. The Kier molecular flexibility index (Phi) is 3.15. The van der Waals surface area contributed by atoms with Crippen molar-refractivity contribution >= 4 is 22.2 Å². The molecule has 0 atom stereocenters. The van der Waals surface area contributed by atoms with Crippen LogP contribution in [-0.4, -0.2) is 29.4 Å². The van der Waals surface area contributed by atoms with Gasteiger partial charge in [0.2, 0.25) is 0 Å². The van der Waals surface area contributed by atoms with E-state index in [4.69, 9.17) is 4.74 Å². The van der Waals surface area contributed by atoms with Gasteiger partial charge in [0.1, 0.15) is 11.4 Å². The SMILES string of the molecule is CNC(=O)c1cn2cc(-c3ccc(OC)cc3)sc2n1. The molecule has 0 aliphatic rings. The molecule has 6 heteroatoms. The number of hydrogen-bond acceptors (Lipinski definition) is 4. The van der Waals surface area contributed by atoms with Crippen LogP contribution in [0.5, 0.6) is 5.75 Å². The maximum Gasteiger partial charge on any atom is 0.271 e. The first-order valence-electron chi connectivity index (χ1n) is 6.06. The first kappa shape index (κ1) is 12.7. The molecule has 20 heavy (non-hydrogen) atoms. The maximum absolute atomic E-state index is 11.5. The standard InChI is InChI=1S/C14H13N3O2S/c1-15-13(18)11-7-17-8-12(20-14(17)16-11)9-3-5-10(19-2)6-4-9/h3-8H,1-2H3,(H,15,18). The summed E-state index contributed by atoms with van der Waals surface area (Å²) in [5.41, 5.74) is 1.53. The molecule has 0 aliphatic carbocycles. The largest absolute Gasteiger partial charge is 0.497 e. The number of thiazole rings is 1. The summed E-state index contributed by atoms with van der Waals surface area (Å²) in [6.45, 7) is 0. The van der Waals surface area contributed by atoms with Crippen molar-refractivity contribution in [2.24, 2.45) is 0 Å². The van der Waals surface area contributed by atoms with E-state index in [1.807, 2.05) is 34.9 Å². The first-order valence-corrected chi connectivity index (χ1v) is 6.88. The minimum Gasteiger partial charge on any atom is -0.497 e. The van der Waals surface area contributed by atoms with E-state index in [0.717, 1.165) is 21.2 Å². The fourth-order valence-electron chi connectivity index (χ4n) is 1.92. The molecule has 3 rings (SSSR count). The van der Waals surface area contributed by atoms with E-state index in [1.165, 1.54) is 0 Å². The topological polar surface area (TPSA) is 55.6 Å². The normalized spacial score (nSPS) is 10.7. The third-order valence-electron chi connectivity index (χ3n) is 2.99. The van der Waals surface area contributed by atoms with Crippen molar-refractivity contribution in [2.45, 2.75) is 0 Å². The molecule has 0 spiro atoms. The van der Waals surface area contributed by atoms with Crippen LogP contribution >= 0.6 is 11.3 Å². The number of nitrogens with one attached hydrogen (secondary N) is 1. The molecule has 0 saturated heterocycles. The van der Waals surface area contributed by atoms with E-state index >= 15 is 0 Å². The molecular formula is C14H13N3O2S. The van der Waals surface area contributed by atoms with Crippen molar-refractivity contribution in [1.82, 2.24) is 14.7 Å². The molecule has 2 heterocycles. The van der Waals surface area contributed by atoms with Crippen LogP contribution in [0.1, 0.15) is 10.5 Å². The molecule has 2 aromatic heterocycles. The van der Waals surface area contributed by atoms with Crippen molar-refractivity contribution in [3.05, 3.63) is 42.4 Å². The molecule has 5 nitrogen and oxygen atoms in total. The van der Waals surface area contributed by atoms with Gasteiger partial charge in [0, 0.05) is 19.4 Å². The molecule has 0 fully saturated rings. The highest BCUT2D eigenvalue weighted by Gasteiger charge is 2.12. The molecule has 0 saturated carbocycles. The number of ether oxygens (including phenoxy) is 1. The number of carbonyl (C=O) groups excluding carboxylic acids is 1. The first-order chi connectivity index (χ1) is 9.71. The average Bonchev–Trinajstić information content (AvgIpc) is 3.05. The van der Waals surface area contributed by atoms with Crippen molar-refractivity contribution in [3.8, 4) is 16.2 Å². The van der Waals surface area contributed by atoms with Crippen molar-refractivity contribution in [3.63, 3.8) is 0 Å². The Bertz CT molecular complexity index is 727. The number of benzene rings is 1. The summed E-state index contributed by atoms with van der Waals surface area (Å²) in [6.07, 6.45) is 3.71. The molecular weight excluding hydrogens is 274 g/mol. The Hall–Kier alpha value is -2.34. The molecule has 1 aromatic carbocycles. The fraction of sp³-hybridized carbons (Fsp3) is 0.143. The third-order valence-corrected chi connectivity index (χ3v) is 4.04. The van der Waals surface area contributed by atoms with E-state index in [9.17, 15) is 4.79 Å². The molecule has 0 unspecified atom stereocenters.